The van der Waals surface area contributed by atoms with Gasteiger partial charge in [0.2, 0.25) is 5.95 Å². The van der Waals surface area contributed by atoms with Gasteiger partial charge in [-0.2, -0.15) is 0 Å². The zero-order chi connectivity index (χ0) is 15.1. The second-order valence-corrected chi connectivity index (χ2v) is 6.83. The van der Waals surface area contributed by atoms with Gasteiger partial charge >= 0.3 is 7.12 Å². The molecule has 0 unspecified atom stereocenters. The lowest BCUT2D eigenvalue weighted by Gasteiger charge is -2.32. The topological polar surface area (TPSA) is 47.5 Å². The average molecular weight is 303 g/mol. The van der Waals surface area contributed by atoms with Crippen molar-refractivity contribution in [3.05, 3.63) is 35.6 Å². The number of hydrogen-bond acceptors (Lipinski definition) is 6. The van der Waals surface area contributed by atoms with Crippen molar-refractivity contribution in [1.82, 2.24) is 9.97 Å². The molecule has 1 saturated heterocycles. The summed E-state index contributed by atoms with van der Waals surface area (Å²) in [7, 11) is -0.424. The van der Waals surface area contributed by atoms with Crippen LogP contribution in [0.1, 0.15) is 27.7 Å². The second kappa shape index (κ2) is 5.16. The highest BCUT2D eigenvalue weighted by molar-refractivity contribution is 8.04. The van der Waals surface area contributed by atoms with E-state index < -0.39 is 7.12 Å². The summed E-state index contributed by atoms with van der Waals surface area (Å²) in [6.45, 7) is 8.12. The number of hydrogen-bond donors (Lipinski definition) is 0. The maximum atomic E-state index is 5.99. The van der Waals surface area contributed by atoms with Crippen LogP contribution in [0.4, 0.5) is 5.95 Å². The first-order chi connectivity index (χ1) is 9.89. The Balaban J connectivity index is 1.78. The lowest BCUT2D eigenvalue weighted by atomic mass is 9.81. The molecular formula is C14H18BN3O2S. The van der Waals surface area contributed by atoms with E-state index in [1.54, 1.807) is 24.2 Å². The summed E-state index contributed by atoms with van der Waals surface area (Å²) in [5, 5.41) is 3.96. The van der Waals surface area contributed by atoms with Crippen molar-refractivity contribution in [2.24, 2.45) is 0 Å². The lowest BCUT2D eigenvalue weighted by Crippen LogP contribution is -2.41. The minimum absolute atomic E-state index is 0.355. The van der Waals surface area contributed by atoms with E-state index in [9.17, 15) is 0 Å². The van der Waals surface area contributed by atoms with E-state index in [1.807, 2.05) is 55.8 Å². The Morgan fingerprint density at radius 1 is 1.00 bits per heavy atom. The Bertz CT molecular complexity index is 558. The van der Waals surface area contributed by atoms with Crippen molar-refractivity contribution in [1.29, 1.82) is 0 Å². The van der Waals surface area contributed by atoms with Gasteiger partial charge in [-0.25, -0.2) is 9.97 Å². The first-order valence-electron chi connectivity index (χ1n) is 6.84. The fourth-order valence-corrected chi connectivity index (χ4v) is 2.49. The van der Waals surface area contributed by atoms with Crippen molar-refractivity contribution in [2.45, 2.75) is 38.9 Å². The maximum absolute atomic E-state index is 5.99. The molecule has 3 rings (SSSR count). The molecule has 21 heavy (non-hydrogen) atoms. The molecule has 0 radical (unpaired) electrons. The number of thioether (sulfide) groups is 1. The summed E-state index contributed by atoms with van der Waals surface area (Å²) in [5.74, 6) is 0.628. The molecule has 2 aliphatic heterocycles. The molecular weight excluding hydrogens is 285 g/mol. The molecule has 0 saturated carbocycles. The Morgan fingerprint density at radius 3 is 2.05 bits per heavy atom. The molecule has 110 valence electrons. The number of anilines is 1. The zero-order valence-corrected chi connectivity index (χ0v) is 13.4. The number of aromatic nitrogens is 2. The van der Waals surface area contributed by atoms with E-state index in [4.69, 9.17) is 9.31 Å². The zero-order valence-electron chi connectivity index (χ0n) is 12.6. The minimum Gasteiger partial charge on any atom is -0.399 e. The van der Waals surface area contributed by atoms with Gasteiger partial charge in [-0.3, -0.25) is 4.90 Å². The third kappa shape index (κ3) is 2.73. The Labute approximate surface area is 129 Å². The summed E-state index contributed by atoms with van der Waals surface area (Å²) >= 11 is 1.62. The van der Waals surface area contributed by atoms with Crippen LogP contribution in [0.5, 0.6) is 0 Å². The molecule has 0 aliphatic carbocycles. The van der Waals surface area contributed by atoms with Gasteiger partial charge < -0.3 is 9.31 Å². The largest absolute Gasteiger partial charge is 0.498 e. The van der Waals surface area contributed by atoms with Crippen LogP contribution in [0.3, 0.4) is 0 Å². The first-order valence-corrected chi connectivity index (χ1v) is 7.78. The van der Waals surface area contributed by atoms with Crippen molar-refractivity contribution >= 4 is 30.3 Å². The quantitative estimate of drug-likeness (QED) is 0.781. The molecule has 2 aliphatic rings. The predicted molar refractivity (Wildman–Crippen MR) is 86.1 cm³/mol. The molecule has 0 aromatic carbocycles. The highest BCUT2D eigenvalue weighted by Gasteiger charge is 2.51. The molecule has 7 heteroatoms. The summed E-state index contributed by atoms with van der Waals surface area (Å²) in [4.78, 5) is 10.6. The summed E-state index contributed by atoms with van der Waals surface area (Å²) in [6, 6.07) is 0. The van der Waals surface area contributed by atoms with E-state index >= 15 is 0 Å². The van der Waals surface area contributed by atoms with Crippen LogP contribution in [0, 0.1) is 0 Å². The van der Waals surface area contributed by atoms with Crippen LogP contribution in [0.2, 0.25) is 0 Å². The van der Waals surface area contributed by atoms with Gasteiger partial charge in [-0.1, -0.05) is 0 Å². The fourth-order valence-electron chi connectivity index (χ4n) is 2.00. The molecule has 5 nitrogen and oxygen atoms in total. The van der Waals surface area contributed by atoms with E-state index in [2.05, 4.69) is 9.97 Å². The first kappa shape index (κ1) is 14.6. The molecule has 0 amide bonds. The van der Waals surface area contributed by atoms with Crippen LogP contribution in [-0.4, -0.2) is 28.3 Å². The van der Waals surface area contributed by atoms with Crippen molar-refractivity contribution in [2.75, 3.05) is 4.90 Å². The Morgan fingerprint density at radius 2 is 1.52 bits per heavy atom. The standard InChI is InChI=1S/C14H18BN3O2S/c1-13(2)14(3,4)20-15(19-13)11-9-16-12(17-10-11)18-5-7-21-8-6-18/h5-10H,1-4H3. The van der Waals surface area contributed by atoms with E-state index in [0.29, 0.717) is 5.95 Å². The van der Waals surface area contributed by atoms with Gasteiger partial charge in [0.05, 0.1) is 11.2 Å². The molecule has 0 atom stereocenters. The summed E-state index contributed by atoms with van der Waals surface area (Å²) in [6.07, 6.45) is 7.37. The third-order valence-corrected chi connectivity index (χ3v) is 4.57. The third-order valence-electron chi connectivity index (χ3n) is 4.01. The Hall–Kier alpha value is -1.31. The predicted octanol–water partition coefficient (Wildman–Crippen LogP) is 2.27. The van der Waals surface area contributed by atoms with Crippen LogP contribution in [-0.2, 0) is 9.31 Å². The van der Waals surface area contributed by atoms with E-state index in [-0.39, 0.29) is 11.2 Å². The van der Waals surface area contributed by atoms with Crippen molar-refractivity contribution < 1.29 is 9.31 Å². The highest BCUT2D eigenvalue weighted by atomic mass is 32.2. The highest BCUT2D eigenvalue weighted by Crippen LogP contribution is 2.36. The lowest BCUT2D eigenvalue weighted by molar-refractivity contribution is 0.00578. The van der Waals surface area contributed by atoms with Gasteiger partial charge in [0.15, 0.2) is 0 Å². The summed E-state index contributed by atoms with van der Waals surface area (Å²) < 4.78 is 12.0. The molecule has 1 aromatic heterocycles. The van der Waals surface area contributed by atoms with Gasteiger partial charge in [0.1, 0.15) is 0 Å². The van der Waals surface area contributed by atoms with Crippen LogP contribution < -0.4 is 10.4 Å². The molecule has 1 fully saturated rings. The second-order valence-electron chi connectivity index (χ2n) is 6.02. The van der Waals surface area contributed by atoms with Crippen molar-refractivity contribution in [3.8, 4) is 0 Å². The number of rotatable bonds is 2. The molecule has 3 heterocycles. The molecule has 1 aromatic rings. The van der Waals surface area contributed by atoms with Crippen molar-refractivity contribution in [3.63, 3.8) is 0 Å². The van der Waals surface area contributed by atoms with Gasteiger partial charge in [-0.05, 0) is 38.5 Å². The smallest absolute Gasteiger partial charge is 0.399 e. The summed E-state index contributed by atoms with van der Waals surface area (Å²) in [5.41, 5.74) is 0.120. The molecule has 0 N–H and O–H groups in total. The van der Waals surface area contributed by atoms with Crippen LogP contribution in [0.15, 0.2) is 35.6 Å². The molecule has 0 bridgehead atoms. The average Bonchev–Trinajstić information content (AvgIpc) is 2.69. The number of nitrogens with zero attached hydrogens (tertiary/aromatic N) is 3. The van der Waals surface area contributed by atoms with E-state index in [0.717, 1.165) is 5.46 Å². The fraction of sp³-hybridized carbons (Fsp3) is 0.429. The van der Waals surface area contributed by atoms with Gasteiger partial charge in [-0.15, -0.1) is 11.8 Å². The van der Waals surface area contributed by atoms with Gasteiger partial charge in [0, 0.05) is 30.3 Å². The SMILES string of the molecule is CC1(C)OB(c2cnc(N3C=CSC=C3)nc2)OC1(C)C. The van der Waals surface area contributed by atoms with Crippen LogP contribution >= 0.6 is 11.8 Å². The van der Waals surface area contributed by atoms with E-state index in [1.165, 1.54) is 0 Å². The maximum Gasteiger partial charge on any atom is 0.498 e. The van der Waals surface area contributed by atoms with Gasteiger partial charge in [0.25, 0.3) is 0 Å². The normalized spacial score (nSPS) is 22.9. The monoisotopic (exact) mass is 303 g/mol. The van der Waals surface area contributed by atoms with Crippen LogP contribution in [0.25, 0.3) is 0 Å². The molecule has 0 spiro atoms. The minimum atomic E-state index is -0.424. The Kier molecular flexibility index (Phi) is 3.59.